The van der Waals surface area contributed by atoms with E-state index in [1.807, 2.05) is 0 Å². The van der Waals surface area contributed by atoms with Crippen molar-refractivity contribution in [1.82, 2.24) is 14.6 Å². The summed E-state index contributed by atoms with van der Waals surface area (Å²) in [5, 5.41) is 27.9. The molecule has 1 aromatic carbocycles. The second-order valence-electron chi connectivity index (χ2n) is 8.56. The van der Waals surface area contributed by atoms with Gasteiger partial charge in [0.25, 0.3) is 0 Å². The third-order valence-electron chi connectivity index (χ3n) is 6.08. The van der Waals surface area contributed by atoms with Crippen LogP contribution in [-0.2, 0) is 5.41 Å². The number of anilines is 1. The van der Waals surface area contributed by atoms with E-state index in [2.05, 4.69) is 22.3 Å². The Bertz CT molecular complexity index is 1100. The van der Waals surface area contributed by atoms with Gasteiger partial charge >= 0.3 is 6.18 Å². The summed E-state index contributed by atoms with van der Waals surface area (Å²) in [4.78, 5) is 4.28. The van der Waals surface area contributed by atoms with Crippen LogP contribution in [0.15, 0.2) is 42.6 Å². The first kappa shape index (κ1) is 21.6. The van der Waals surface area contributed by atoms with Crippen LogP contribution in [0.1, 0.15) is 25.8 Å². The van der Waals surface area contributed by atoms with Crippen LogP contribution in [0, 0.1) is 12.8 Å². The van der Waals surface area contributed by atoms with E-state index in [0.29, 0.717) is 29.1 Å². The van der Waals surface area contributed by atoms with Gasteiger partial charge in [0, 0.05) is 17.8 Å². The number of benzene rings is 1. The van der Waals surface area contributed by atoms with Gasteiger partial charge in [-0.25, -0.2) is 4.98 Å². The fraction of sp³-hybridized carbons (Fsp3) is 0.409. The number of aliphatic hydroxyl groups is 2. The number of aromatic nitrogens is 3. The molecule has 1 radical (unpaired) electrons. The van der Waals surface area contributed by atoms with Crippen molar-refractivity contribution in [2.45, 2.75) is 50.1 Å². The molecule has 0 aliphatic heterocycles. The number of alkyl halides is 3. The van der Waals surface area contributed by atoms with Crippen molar-refractivity contribution in [3.05, 3.63) is 55.1 Å². The van der Waals surface area contributed by atoms with E-state index in [1.54, 1.807) is 30.5 Å². The Morgan fingerprint density at radius 3 is 2.52 bits per heavy atom. The Kier molecular flexibility index (Phi) is 5.21. The van der Waals surface area contributed by atoms with Crippen LogP contribution in [0.25, 0.3) is 16.9 Å². The van der Waals surface area contributed by atoms with Crippen LogP contribution >= 0.6 is 0 Å². The molecule has 1 fully saturated rings. The minimum Gasteiger partial charge on any atom is -0.390 e. The molecule has 0 unspecified atom stereocenters. The molecular formula is C22H24F3N4O2. The summed E-state index contributed by atoms with van der Waals surface area (Å²) in [5.74, 6) is 0.256. The first-order chi connectivity index (χ1) is 14.5. The smallest absolute Gasteiger partial charge is 0.390 e. The van der Waals surface area contributed by atoms with Crippen LogP contribution in [-0.4, -0.2) is 49.2 Å². The SMILES string of the molecule is [CH2][C@@H]1C[C@@H](Nc2ccnc3cc(-c4cccc(C(C)(C)C(F)(F)F)c4)nn23)[C@H](O)[C@@H]1O. The molecule has 2 heterocycles. The predicted molar refractivity (Wildman–Crippen MR) is 110 cm³/mol. The zero-order valence-electron chi connectivity index (χ0n) is 17.1. The molecule has 3 aromatic rings. The van der Waals surface area contributed by atoms with Gasteiger partial charge in [0.05, 0.1) is 23.3 Å². The third kappa shape index (κ3) is 3.76. The molecule has 0 spiro atoms. The molecule has 0 bridgehead atoms. The molecule has 0 saturated heterocycles. The number of nitrogens with zero attached hydrogens (tertiary/aromatic N) is 3. The average molecular weight is 433 g/mol. The second-order valence-corrected chi connectivity index (χ2v) is 8.56. The monoisotopic (exact) mass is 433 g/mol. The first-order valence-corrected chi connectivity index (χ1v) is 9.97. The quantitative estimate of drug-likeness (QED) is 0.586. The largest absolute Gasteiger partial charge is 0.397 e. The zero-order valence-corrected chi connectivity index (χ0v) is 17.1. The lowest BCUT2D eigenvalue weighted by Gasteiger charge is -2.28. The number of rotatable bonds is 4. The molecule has 1 saturated carbocycles. The highest BCUT2D eigenvalue weighted by atomic mass is 19.4. The average Bonchev–Trinajstić information content (AvgIpc) is 3.25. The van der Waals surface area contributed by atoms with Gasteiger partial charge in [0.2, 0.25) is 0 Å². The van der Waals surface area contributed by atoms with E-state index in [-0.39, 0.29) is 11.5 Å². The van der Waals surface area contributed by atoms with E-state index < -0.39 is 29.8 Å². The summed E-state index contributed by atoms with van der Waals surface area (Å²) < 4.78 is 42.0. The fourth-order valence-electron chi connectivity index (χ4n) is 3.83. The van der Waals surface area contributed by atoms with Gasteiger partial charge in [0.15, 0.2) is 5.65 Å². The highest BCUT2D eigenvalue weighted by molar-refractivity contribution is 5.66. The van der Waals surface area contributed by atoms with Gasteiger partial charge in [-0.3, -0.25) is 0 Å². The number of hydrogen-bond acceptors (Lipinski definition) is 5. The van der Waals surface area contributed by atoms with E-state index >= 15 is 0 Å². The highest BCUT2D eigenvalue weighted by Gasteiger charge is 2.48. The molecule has 0 amide bonds. The van der Waals surface area contributed by atoms with Gasteiger partial charge in [-0.15, -0.1) is 0 Å². The number of halogens is 3. The van der Waals surface area contributed by atoms with Crippen molar-refractivity contribution in [3.63, 3.8) is 0 Å². The molecule has 4 atom stereocenters. The molecular weight excluding hydrogens is 409 g/mol. The van der Waals surface area contributed by atoms with Crippen molar-refractivity contribution in [2.75, 3.05) is 5.32 Å². The molecule has 2 aromatic heterocycles. The van der Waals surface area contributed by atoms with Crippen LogP contribution in [0.2, 0.25) is 0 Å². The maximum Gasteiger partial charge on any atom is 0.397 e. The summed E-state index contributed by atoms with van der Waals surface area (Å²) in [7, 11) is 0. The summed E-state index contributed by atoms with van der Waals surface area (Å²) in [6.07, 6.45) is -4.22. The Balaban J connectivity index is 1.69. The van der Waals surface area contributed by atoms with Crippen molar-refractivity contribution in [2.24, 2.45) is 5.92 Å². The fourth-order valence-corrected chi connectivity index (χ4v) is 3.83. The maximum absolute atomic E-state index is 13.5. The molecule has 3 N–H and O–H groups in total. The number of fused-ring (bicyclic) bond motifs is 1. The van der Waals surface area contributed by atoms with Gasteiger partial charge in [0.1, 0.15) is 11.9 Å². The Morgan fingerprint density at radius 2 is 1.87 bits per heavy atom. The lowest BCUT2D eigenvalue weighted by Crippen LogP contribution is -2.36. The van der Waals surface area contributed by atoms with E-state index in [4.69, 9.17) is 0 Å². The number of hydrogen-bond donors (Lipinski definition) is 3. The molecule has 6 nitrogen and oxygen atoms in total. The van der Waals surface area contributed by atoms with Gasteiger partial charge in [-0.1, -0.05) is 18.2 Å². The lowest BCUT2D eigenvalue weighted by molar-refractivity contribution is -0.180. The van der Waals surface area contributed by atoms with Crippen LogP contribution < -0.4 is 5.32 Å². The standard InChI is InChI=1S/C22H24F3N4O2/c1-12-9-16(20(31)19(12)30)27-17-7-8-26-18-11-15(28-29(17)18)13-5-4-6-14(10-13)21(2,3)22(23,24)25/h4-8,10-12,16,19-20,27,30-31H,1,9H2,2-3H3/t12-,16-,19-,20+/m1/s1. The molecule has 4 rings (SSSR count). The second kappa shape index (κ2) is 7.49. The number of aliphatic hydroxyl groups excluding tert-OH is 2. The third-order valence-corrected chi connectivity index (χ3v) is 6.08. The summed E-state index contributed by atoms with van der Waals surface area (Å²) in [6.45, 7) is 6.15. The van der Waals surface area contributed by atoms with E-state index in [9.17, 15) is 23.4 Å². The minimum atomic E-state index is -4.39. The number of nitrogens with one attached hydrogen (secondary N) is 1. The van der Waals surface area contributed by atoms with Gasteiger partial charge in [-0.05, 0) is 50.8 Å². The highest BCUT2D eigenvalue weighted by Crippen LogP contribution is 2.41. The van der Waals surface area contributed by atoms with Crippen molar-refractivity contribution < 1.29 is 23.4 Å². The Labute approximate surface area is 177 Å². The molecule has 1 aliphatic carbocycles. The minimum absolute atomic E-state index is 0.144. The molecule has 31 heavy (non-hydrogen) atoms. The van der Waals surface area contributed by atoms with Crippen LogP contribution in [0.5, 0.6) is 0 Å². The van der Waals surface area contributed by atoms with Gasteiger partial charge < -0.3 is 15.5 Å². The maximum atomic E-state index is 13.5. The first-order valence-electron chi connectivity index (χ1n) is 9.97. The Morgan fingerprint density at radius 1 is 1.13 bits per heavy atom. The summed E-state index contributed by atoms with van der Waals surface area (Å²) >= 11 is 0. The zero-order chi connectivity index (χ0) is 22.6. The van der Waals surface area contributed by atoms with E-state index in [1.165, 1.54) is 16.6 Å². The normalized spacial score (nSPS) is 24.6. The molecule has 1 aliphatic rings. The lowest BCUT2D eigenvalue weighted by atomic mass is 9.83. The van der Waals surface area contributed by atoms with Crippen LogP contribution in [0.4, 0.5) is 19.0 Å². The molecule has 9 heteroatoms. The van der Waals surface area contributed by atoms with Crippen LogP contribution in [0.3, 0.4) is 0 Å². The topological polar surface area (TPSA) is 82.7 Å². The van der Waals surface area contributed by atoms with E-state index in [0.717, 1.165) is 13.8 Å². The Hall–Kier alpha value is -2.65. The summed E-state index contributed by atoms with van der Waals surface area (Å²) in [5.41, 5.74) is -0.341. The summed E-state index contributed by atoms with van der Waals surface area (Å²) in [6, 6.07) is 9.20. The predicted octanol–water partition coefficient (Wildman–Crippen LogP) is 3.59. The van der Waals surface area contributed by atoms with Crippen molar-refractivity contribution >= 4 is 11.5 Å². The van der Waals surface area contributed by atoms with Crippen molar-refractivity contribution in [1.29, 1.82) is 0 Å². The molecule has 165 valence electrons. The van der Waals surface area contributed by atoms with Gasteiger partial charge in [-0.2, -0.15) is 22.8 Å². The van der Waals surface area contributed by atoms with Crippen molar-refractivity contribution in [3.8, 4) is 11.3 Å².